The van der Waals surface area contributed by atoms with Crippen molar-refractivity contribution in [3.63, 3.8) is 0 Å². The molecule has 0 aliphatic rings. The Morgan fingerprint density at radius 1 is 1.29 bits per heavy atom. The summed E-state index contributed by atoms with van der Waals surface area (Å²) in [5.41, 5.74) is 0. The predicted octanol–water partition coefficient (Wildman–Crippen LogP) is 2.91. The van der Waals surface area contributed by atoms with Gasteiger partial charge in [-0.2, -0.15) is 13.2 Å². The van der Waals surface area contributed by atoms with E-state index >= 15 is 0 Å². The van der Waals surface area contributed by atoms with Crippen LogP contribution in [0.15, 0.2) is 4.99 Å². The molecule has 0 fully saturated rings. The van der Waals surface area contributed by atoms with Crippen LogP contribution in [0.3, 0.4) is 0 Å². The zero-order valence-corrected chi connectivity index (χ0v) is 12.7. The molecule has 0 aromatic rings. The topological polar surface area (TPSA) is 36.4 Å². The zero-order valence-electron chi connectivity index (χ0n) is 10.4. The molecule has 1 unspecified atom stereocenters. The maximum absolute atomic E-state index is 11.9. The Kier molecular flexibility index (Phi) is 11.0. The lowest BCUT2D eigenvalue weighted by atomic mass is 10.3. The van der Waals surface area contributed by atoms with Crippen LogP contribution in [0.5, 0.6) is 0 Å². The van der Waals surface area contributed by atoms with Crippen LogP contribution in [0.2, 0.25) is 0 Å². The van der Waals surface area contributed by atoms with Crippen molar-refractivity contribution in [1.82, 2.24) is 10.6 Å². The normalized spacial score (nSPS) is 13.9. The SMILES string of the molecule is CCNC(=NCCC(F)(F)F)NC(C)CC.I. The number of alkyl halides is 3. The predicted molar refractivity (Wildman–Crippen MR) is 75.0 cm³/mol. The molecule has 0 amide bonds. The molecule has 0 aliphatic carbocycles. The summed E-state index contributed by atoms with van der Waals surface area (Å²) in [6.45, 7) is 6.22. The quantitative estimate of drug-likeness (QED) is 0.446. The molecule has 0 aromatic heterocycles. The maximum atomic E-state index is 11.9. The van der Waals surface area contributed by atoms with Crippen LogP contribution in [0, 0.1) is 0 Å². The van der Waals surface area contributed by atoms with Crippen molar-refractivity contribution >= 4 is 29.9 Å². The Labute approximate surface area is 118 Å². The van der Waals surface area contributed by atoms with E-state index in [1.807, 2.05) is 20.8 Å². The van der Waals surface area contributed by atoms with Gasteiger partial charge in [0.1, 0.15) is 0 Å². The van der Waals surface area contributed by atoms with E-state index in [4.69, 9.17) is 0 Å². The van der Waals surface area contributed by atoms with E-state index in [0.717, 1.165) is 6.42 Å². The summed E-state index contributed by atoms with van der Waals surface area (Å²) in [6, 6.07) is 0.198. The minimum atomic E-state index is -4.14. The second kappa shape index (κ2) is 9.78. The number of nitrogens with zero attached hydrogens (tertiary/aromatic N) is 1. The second-order valence-electron chi connectivity index (χ2n) is 3.58. The summed E-state index contributed by atoms with van der Waals surface area (Å²) in [5.74, 6) is 0.445. The van der Waals surface area contributed by atoms with E-state index in [1.165, 1.54) is 0 Å². The van der Waals surface area contributed by atoms with Crippen LogP contribution in [0.25, 0.3) is 0 Å². The van der Waals surface area contributed by atoms with Gasteiger partial charge in [-0.15, -0.1) is 24.0 Å². The van der Waals surface area contributed by atoms with E-state index in [-0.39, 0.29) is 36.6 Å². The number of hydrogen-bond acceptors (Lipinski definition) is 1. The summed E-state index contributed by atoms with van der Waals surface area (Å²) in [5, 5.41) is 5.93. The first-order valence-electron chi connectivity index (χ1n) is 5.50. The van der Waals surface area contributed by atoms with Gasteiger partial charge < -0.3 is 10.6 Å². The number of halogens is 4. The molecule has 0 rings (SSSR count). The Hall–Kier alpha value is -0.210. The van der Waals surface area contributed by atoms with Gasteiger partial charge in [-0.3, -0.25) is 4.99 Å². The van der Waals surface area contributed by atoms with Gasteiger partial charge >= 0.3 is 6.18 Å². The van der Waals surface area contributed by atoms with E-state index in [2.05, 4.69) is 15.6 Å². The third kappa shape index (κ3) is 12.0. The molecular weight excluding hydrogens is 346 g/mol. The van der Waals surface area contributed by atoms with Crippen molar-refractivity contribution in [3.05, 3.63) is 0 Å². The third-order valence-corrected chi connectivity index (χ3v) is 2.00. The molecule has 0 bridgehead atoms. The first kappa shape index (κ1) is 19.1. The number of rotatable bonds is 5. The van der Waals surface area contributed by atoms with E-state index in [9.17, 15) is 13.2 Å². The zero-order chi connectivity index (χ0) is 12.6. The average molecular weight is 367 g/mol. The Balaban J connectivity index is 0. The van der Waals surface area contributed by atoms with Crippen LogP contribution >= 0.6 is 24.0 Å². The van der Waals surface area contributed by atoms with E-state index in [0.29, 0.717) is 12.5 Å². The maximum Gasteiger partial charge on any atom is 0.390 e. The van der Waals surface area contributed by atoms with Gasteiger partial charge in [-0.05, 0) is 20.3 Å². The lowest BCUT2D eigenvalue weighted by molar-refractivity contribution is -0.132. The fourth-order valence-corrected chi connectivity index (χ4v) is 0.950. The molecule has 0 spiro atoms. The molecule has 0 aliphatic heterocycles. The number of aliphatic imine (C=N–C) groups is 1. The number of guanidine groups is 1. The summed E-state index contributed by atoms with van der Waals surface area (Å²) in [6.07, 6.45) is -4.13. The number of hydrogen-bond donors (Lipinski definition) is 2. The molecule has 104 valence electrons. The molecule has 0 heterocycles. The lowest BCUT2D eigenvalue weighted by Crippen LogP contribution is -2.42. The van der Waals surface area contributed by atoms with Gasteiger partial charge in [-0.25, -0.2) is 0 Å². The van der Waals surface area contributed by atoms with Crippen LogP contribution in [-0.4, -0.2) is 31.3 Å². The minimum Gasteiger partial charge on any atom is -0.357 e. The summed E-state index contributed by atoms with van der Waals surface area (Å²) >= 11 is 0. The van der Waals surface area contributed by atoms with Gasteiger partial charge in [-0.1, -0.05) is 6.92 Å². The minimum absolute atomic E-state index is 0. The van der Waals surface area contributed by atoms with E-state index < -0.39 is 12.6 Å². The molecule has 3 nitrogen and oxygen atoms in total. The van der Waals surface area contributed by atoms with Crippen molar-refractivity contribution in [1.29, 1.82) is 0 Å². The highest BCUT2D eigenvalue weighted by atomic mass is 127. The molecule has 0 saturated heterocycles. The molecule has 0 radical (unpaired) electrons. The first-order chi connectivity index (χ1) is 7.39. The van der Waals surface area contributed by atoms with Gasteiger partial charge in [0, 0.05) is 12.6 Å². The van der Waals surface area contributed by atoms with Crippen molar-refractivity contribution < 1.29 is 13.2 Å². The van der Waals surface area contributed by atoms with Gasteiger partial charge in [0.25, 0.3) is 0 Å². The number of nitrogens with one attached hydrogen (secondary N) is 2. The van der Waals surface area contributed by atoms with Gasteiger partial charge in [0.2, 0.25) is 0 Å². The standard InChI is InChI=1S/C10H20F3N3.HI/c1-4-8(3)16-9(14-5-2)15-7-6-10(11,12)13;/h8H,4-7H2,1-3H3,(H2,14,15,16);1H. The highest BCUT2D eigenvalue weighted by molar-refractivity contribution is 14.0. The summed E-state index contributed by atoms with van der Waals surface area (Å²) in [4.78, 5) is 3.86. The lowest BCUT2D eigenvalue weighted by Gasteiger charge is -2.16. The van der Waals surface area contributed by atoms with Crippen molar-refractivity contribution in [2.24, 2.45) is 4.99 Å². The fourth-order valence-electron chi connectivity index (χ4n) is 0.950. The molecular formula is C10H21F3IN3. The highest BCUT2D eigenvalue weighted by Gasteiger charge is 2.26. The largest absolute Gasteiger partial charge is 0.390 e. The van der Waals surface area contributed by atoms with Crippen LogP contribution in [-0.2, 0) is 0 Å². The van der Waals surface area contributed by atoms with E-state index in [1.54, 1.807) is 0 Å². The van der Waals surface area contributed by atoms with Gasteiger partial charge in [0.15, 0.2) is 5.96 Å². The molecule has 1 atom stereocenters. The van der Waals surface area contributed by atoms with Crippen LogP contribution in [0.4, 0.5) is 13.2 Å². The molecule has 2 N–H and O–H groups in total. The molecule has 0 aromatic carbocycles. The second-order valence-corrected chi connectivity index (χ2v) is 3.58. The molecule has 17 heavy (non-hydrogen) atoms. The summed E-state index contributed by atoms with van der Waals surface area (Å²) in [7, 11) is 0. The Morgan fingerprint density at radius 3 is 2.29 bits per heavy atom. The highest BCUT2D eigenvalue weighted by Crippen LogP contribution is 2.18. The van der Waals surface area contributed by atoms with Crippen molar-refractivity contribution in [2.75, 3.05) is 13.1 Å². The first-order valence-corrected chi connectivity index (χ1v) is 5.50. The van der Waals surface area contributed by atoms with Crippen LogP contribution in [0.1, 0.15) is 33.6 Å². The Bertz CT molecular complexity index is 219. The van der Waals surface area contributed by atoms with Crippen molar-refractivity contribution in [3.8, 4) is 0 Å². The third-order valence-electron chi connectivity index (χ3n) is 2.00. The van der Waals surface area contributed by atoms with Gasteiger partial charge in [0.05, 0.1) is 13.0 Å². The van der Waals surface area contributed by atoms with Crippen LogP contribution < -0.4 is 10.6 Å². The van der Waals surface area contributed by atoms with Crippen molar-refractivity contribution in [2.45, 2.75) is 45.8 Å². The molecule has 0 saturated carbocycles. The average Bonchev–Trinajstić information content (AvgIpc) is 2.15. The Morgan fingerprint density at radius 2 is 1.88 bits per heavy atom. The summed E-state index contributed by atoms with van der Waals surface area (Å²) < 4.78 is 35.7. The monoisotopic (exact) mass is 367 g/mol. The molecule has 7 heteroatoms. The fraction of sp³-hybridized carbons (Fsp3) is 0.900. The smallest absolute Gasteiger partial charge is 0.357 e.